The van der Waals surface area contributed by atoms with Crippen LogP contribution in [0.15, 0.2) is 23.1 Å². The highest BCUT2D eigenvalue weighted by molar-refractivity contribution is 7.89. The van der Waals surface area contributed by atoms with Gasteiger partial charge in [-0.1, -0.05) is 26.8 Å². The van der Waals surface area contributed by atoms with Crippen LogP contribution in [-0.2, 0) is 16.4 Å². The van der Waals surface area contributed by atoms with Crippen molar-refractivity contribution in [3.05, 3.63) is 23.8 Å². The molecule has 17 heavy (non-hydrogen) atoms. The number of anilines is 1. The van der Waals surface area contributed by atoms with Gasteiger partial charge in [0.1, 0.15) is 0 Å². The molecule has 96 valence electrons. The van der Waals surface area contributed by atoms with E-state index in [1.165, 1.54) is 4.31 Å². The molecular formula is C12H20N2O2S. The number of hydrogen-bond acceptors (Lipinski definition) is 3. The molecule has 0 amide bonds. The van der Waals surface area contributed by atoms with Crippen LogP contribution in [0.5, 0.6) is 0 Å². The average Bonchev–Trinajstić information content (AvgIpc) is 2.30. The van der Waals surface area contributed by atoms with E-state index in [2.05, 4.69) is 0 Å². The Morgan fingerprint density at radius 1 is 1.18 bits per heavy atom. The van der Waals surface area contributed by atoms with Crippen LogP contribution in [0.1, 0.15) is 26.3 Å². The Labute approximate surface area is 103 Å². The summed E-state index contributed by atoms with van der Waals surface area (Å²) in [4.78, 5) is 0.274. The minimum atomic E-state index is -3.40. The van der Waals surface area contributed by atoms with Crippen molar-refractivity contribution in [2.75, 3.05) is 18.8 Å². The third kappa shape index (κ3) is 2.79. The van der Waals surface area contributed by atoms with Gasteiger partial charge < -0.3 is 5.73 Å². The van der Waals surface area contributed by atoms with Crippen LogP contribution >= 0.6 is 0 Å². The molecule has 0 saturated carbocycles. The van der Waals surface area contributed by atoms with E-state index >= 15 is 0 Å². The molecule has 2 N–H and O–H groups in total. The lowest BCUT2D eigenvalue weighted by Gasteiger charge is -2.19. The molecule has 0 atom stereocenters. The Balaban J connectivity index is 3.20. The molecule has 0 heterocycles. The molecule has 0 aliphatic carbocycles. The fourth-order valence-corrected chi connectivity index (χ4v) is 3.26. The van der Waals surface area contributed by atoms with E-state index in [0.717, 1.165) is 12.0 Å². The second-order valence-corrected chi connectivity index (χ2v) is 5.74. The maximum Gasteiger partial charge on any atom is 0.243 e. The predicted octanol–water partition coefficient (Wildman–Crippen LogP) is 1.86. The fourth-order valence-electron chi connectivity index (χ4n) is 1.77. The third-order valence-electron chi connectivity index (χ3n) is 2.84. The van der Waals surface area contributed by atoms with E-state index in [1.807, 2.05) is 20.8 Å². The van der Waals surface area contributed by atoms with Crippen LogP contribution < -0.4 is 5.73 Å². The molecule has 5 heteroatoms. The Hall–Kier alpha value is -1.07. The van der Waals surface area contributed by atoms with Crippen LogP contribution in [0.3, 0.4) is 0 Å². The van der Waals surface area contributed by atoms with E-state index in [0.29, 0.717) is 18.8 Å². The van der Waals surface area contributed by atoms with Gasteiger partial charge in [-0.3, -0.25) is 0 Å². The average molecular weight is 256 g/mol. The van der Waals surface area contributed by atoms with Gasteiger partial charge in [-0.25, -0.2) is 8.42 Å². The van der Waals surface area contributed by atoms with Crippen LogP contribution in [0.25, 0.3) is 0 Å². The van der Waals surface area contributed by atoms with Crippen LogP contribution in [0, 0.1) is 0 Å². The number of nitrogens with two attached hydrogens (primary N) is 1. The van der Waals surface area contributed by atoms with Gasteiger partial charge in [0.25, 0.3) is 0 Å². The van der Waals surface area contributed by atoms with Gasteiger partial charge in [0, 0.05) is 18.8 Å². The van der Waals surface area contributed by atoms with E-state index < -0.39 is 10.0 Å². The highest BCUT2D eigenvalue weighted by Gasteiger charge is 2.21. The lowest BCUT2D eigenvalue weighted by atomic mass is 10.1. The molecule has 4 nitrogen and oxygen atoms in total. The molecule has 0 radical (unpaired) electrons. The van der Waals surface area contributed by atoms with Crippen molar-refractivity contribution in [2.24, 2.45) is 0 Å². The summed E-state index contributed by atoms with van der Waals surface area (Å²) in [6, 6.07) is 4.96. The standard InChI is InChI=1S/C12H20N2O2S/c1-4-10-7-8-11(9-12(10)13)17(15,16)14(5-2)6-3/h7-9H,4-6,13H2,1-3H3. The van der Waals surface area contributed by atoms with Gasteiger partial charge in [-0.05, 0) is 24.1 Å². The predicted molar refractivity (Wildman–Crippen MR) is 70.3 cm³/mol. The Morgan fingerprint density at radius 2 is 1.76 bits per heavy atom. The van der Waals surface area contributed by atoms with Crippen molar-refractivity contribution < 1.29 is 8.42 Å². The number of nitrogen functional groups attached to an aromatic ring is 1. The van der Waals surface area contributed by atoms with Crippen molar-refractivity contribution in [2.45, 2.75) is 32.1 Å². The second-order valence-electron chi connectivity index (χ2n) is 3.80. The van der Waals surface area contributed by atoms with Crippen molar-refractivity contribution >= 4 is 15.7 Å². The highest BCUT2D eigenvalue weighted by atomic mass is 32.2. The van der Waals surface area contributed by atoms with Crippen LogP contribution in [-0.4, -0.2) is 25.8 Å². The van der Waals surface area contributed by atoms with Crippen LogP contribution in [0.4, 0.5) is 5.69 Å². The number of aryl methyl sites for hydroxylation is 1. The SMILES string of the molecule is CCc1ccc(S(=O)(=O)N(CC)CC)cc1N. The molecule has 0 unspecified atom stereocenters. The second kappa shape index (κ2) is 5.51. The number of nitrogens with zero attached hydrogens (tertiary/aromatic N) is 1. The molecule has 0 aliphatic rings. The largest absolute Gasteiger partial charge is 0.398 e. The molecule has 0 aromatic heterocycles. The summed E-state index contributed by atoms with van der Waals surface area (Å²) in [6.45, 7) is 6.57. The van der Waals surface area contributed by atoms with Gasteiger partial charge in [-0.15, -0.1) is 0 Å². The summed E-state index contributed by atoms with van der Waals surface area (Å²) in [6.07, 6.45) is 0.803. The summed E-state index contributed by atoms with van der Waals surface area (Å²) in [5.41, 5.74) is 7.35. The number of benzene rings is 1. The molecule has 0 aliphatic heterocycles. The first-order valence-corrected chi connectivity index (χ1v) is 7.29. The van der Waals surface area contributed by atoms with Gasteiger partial charge in [0.15, 0.2) is 0 Å². The van der Waals surface area contributed by atoms with Gasteiger partial charge in [0.05, 0.1) is 4.90 Å². The molecular weight excluding hydrogens is 236 g/mol. The van der Waals surface area contributed by atoms with Crippen molar-refractivity contribution in [1.29, 1.82) is 0 Å². The summed E-state index contributed by atoms with van der Waals surface area (Å²) in [7, 11) is -3.40. The van der Waals surface area contributed by atoms with E-state index in [4.69, 9.17) is 5.73 Å². The minimum absolute atomic E-state index is 0.274. The van der Waals surface area contributed by atoms with Gasteiger partial charge in [-0.2, -0.15) is 4.31 Å². The number of sulfonamides is 1. The van der Waals surface area contributed by atoms with Crippen molar-refractivity contribution in [3.63, 3.8) is 0 Å². The van der Waals surface area contributed by atoms with E-state index in [1.54, 1.807) is 18.2 Å². The molecule has 1 rings (SSSR count). The lowest BCUT2D eigenvalue weighted by molar-refractivity contribution is 0.445. The van der Waals surface area contributed by atoms with Crippen molar-refractivity contribution in [1.82, 2.24) is 4.31 Å². The molecule has 0 bridgehead atoms. The summed E-state index contributed by atoms with van der Waals surface area (Å²) < 4.78 is 25.9. The number of hydrogen-bond donors (Lipinski definition) is 1. The fraction of sp³-hybridized carbons (Fsp3) is 0.500. The maximum absolute atomic E-state index is 12.2. The molecule has 0 saturated heterocycles. The molecule has 0 fully saturated rings. The minimum Gasteiger partial charge on any atom is -0.398 e. The van der Waals surface area contributed by atoms with Crippen LogP contribution in [0.2, 0.25) is 0 Å². The van der Waals surface area contributed by atoms with Gasteiger partial charge in [0.2, 0.25) is 10.0 Å². The number of rotatable bonds is 5. The molecule has 1 aromatic carbocycles. The molecule has 0 spiro atoms. The monoisotopic (exact) mass is 256 g/mol. The van der Waals surface area contributed by atoms with E-state index in [-0.39, 0.29) is 4.90 Å². The first-order valence-electron chi connectivity index (χ1n) is 5.85. The Kier molecular flexibility index (Phi) is 4.54. The summed E-state index contributed by atoms with van der Waals surface area (Å²) in [5.74, 6) is 0. The smallest absolute Gasteiger partial charge is 0.243 e. The first kappa shape index (κ1) is 14.0. The lowest BCUT2D eigenvalue weighted by Crippen LogP contribution is -2.30. The maximum atomic E-state index is 12.2. The highest BCUT2D eigenvalue weighted by Crippen LogP contribution is 2.21. The van der Waals surface area contributed by atoms with Gasteiger partial charge >= 0.3 is 0 Å². The normalized spacial score (nSPS) is 12.0. The zero-order valence-electron chi connectivity index (χ0n) is 10.6. The summed E-state index contributed by atoms with van der Waals surface area (Å²) in [5, 5.41) is 0. The Morgan fingerprint density at radius 3 is 2.18 bits per heavy atom. The quantitative estimate of drug-likeness (QED) is 0.818. The Bertz CT molecular complexity index is 479. The first-order chi connectivity index (χ1) is 7.97. The van der Waals surface area contributed by atoms with E-state index in [9.17, 15) is 8.42 Å². The summed E-state index contributed by atoms with van der Waals surface area (Å²) >= 11 is 0. The molecule has 1 aromatic rings. The zero-order chi connectivity index (χ0) is 13.1. The third-order valence-corrected chi connectivity index (χ3v) is 4.89. The van der Waals surface area contributed by atoms with Crippen molar-refractivity contribution in [3.8, 4) is 0 Å². The topological polar surface area (TPSA) is 63.4 Å². The zero-order valence-corrected chi connectivity index (χ0v) is 11.4.